The lowest BCUT2D eigenvalue weighted by molar-refractivity contribution is -0.142. The number of rotatable bonds is 6. The summed E-state index contributed by atoms with van der Waals surface area (Å²) in [5.74, 6) is 3.48. The number of pyridine rings is 1. The number of ether oxygens (including phenoxy) is 3. The molecule has 1 aromatic carbocycles. The molecule has 0 amide bonds. The zero-order valence-electron chi connectivity index (χ0n) is 13.5. The number of terminal acetylenes is 1. The molecule has 2 aromatic heterocycles. The second-order valence-corrected chi connectivity index (χ2v) is 4.98. The molecule has 0 aliphatic rings. The van der Waals surface area contributed by atoms with Crippen LogP contribution in [-0.2, 0) is 9.53 Å². The van der Waals surface area contributed by atoms with Gasteiger partial charge < -0.3 is 19.2 Å². The number of carbonyl (C=O) groups excluding carboxylic acids is 1. The minimum Gasteiger partial charge on any atom is -0.482 e. The normalized spacial score (nSPS) is 10.2. The molecule has 126 valence electrons. The van der Waals surface area contributed by atoms with E-state index < -0.39 is 5.97 Å². The Kier molecular flexibility index (Phi) is 4.81. The van der Waals surface area contributed by atoms with Crippen LogP contribution in [0.15, 0.2) is 36.5 Å². The maximum Gasteiger partial charge on any atom is 0.343 e. The summed E-state index contributed by atoms with van der Waals surface area (Å²) in [7, 11) is 1.30. The number of nitrogens with one attached hydrogen (secondary N) is 1. The fourth-order valence-electron chi connectivity index (χ4n) is 2.20. The van der Waals surface area contributed by atoms with Crippen LogP contribution in [0.1, 0.15) is 0 Å². The first-order valence-corrected chi connectivity index (χ1v) is 7.42. The van der Waals surface area contributed by atoms with Gasteiger partial charge in [0.1, 0.15) is 23.9 Å². The second-order valence-electron chi connectivity index (χ2n) is 4.98. The summed E-state index contributed by atoms with van der Waals surface area (Å²) < 4.78 is 15.5. The van der Waals surface area contributed by atoms with E-state index in [0.29, 0.717) is 28.5 Å². The minimum absolute atomic E-state index is 0.0892. The number of aromatic amines is 1. The highest BCUT2D eigenvalue weighted by Gasteiger charge is 2.13. The van der Waals surface area contributed by atoms with Gasteiger partial charge in [-0.25, -0.2) is 14.8 Å². The van der Waals surface area contributed by atoms with E-state index in [1.807, 2.05) is 12.1 Å². The van der Waals surface area contributed by atoms with Crippen molar-refractivity contribution in [2.75, 3.05) is 20.3 Å². The van der Waals surface area contributed by atoms with Crippen LogP contribution in [0.4, 0.5) is 0 Å². The molecule has 0 aliphatic heterocycles. The first kappa shape index (κ1) is 16.3. The molecule has 3 rings (SSSR count). The Labute approximate surface area is 144 Å². The Morgan fingerprint density at radius 2 is 2.20 bits per heavy atom. The Bertz CT molecular complexity index is 910. The van der Waals surface area contributed by atoms with E-state index in [1.54, 1.807) is 24.4 Å². The number of hydrogen-bond donors (Lipinski definition) is 1. The zero-order valence-corrected chi connectivity index (χ0v) is 13.5. The standard InChI is InChI=1S/C18H15N3O4/c1-3-9-24-15-10-12(25-11-16(22)23-2)6-7-13(15)17-20-14-5-4-8-19-18(14)21-17/h1,4-8,10H,9,11H2,2H3,(H,19,20,21). The highest BCUT2D eigenvalue weighted by Crippen LogP contribution is 2.32. The van der Waals surface area contributed by atoms with Gasteiger partial charge in [0.15, 0.2) is 12.3 Å². The van der Waals surface area contributed by atoms with E-state index in [9.17, 15) is 4.79 Å². The summed E-state index contributed by atoms with van der Waals surface area (Å²) in [6.07, 6.45) is 6.95. The average molecular weight is 337 g/mol. The maximum absolute atomic E-state index is 11.2. The topological polar surface area (TPSA) is 86.3 Å². The molecule has 0 atom stereocenters. The Morgan fingerprint density at radius 3 is 2.96 bits per heavy atom. The number of aromatic nitrogens is 3. The summed E-state index contributed by atoms with van der Waals surface area (Å²) in [5.41, 5.74) is 2.12. The SMILES string of the molecule is C#CCOc1cc(OCC(=O)OC)ccc1-c1nc2ncccc2[nH]1. The third kappa shape index (κ3) is 3.70. The van der Waals surface area contributed by atoms with Gasteiger partial charge in [-0.05, 0) is 24.3 Å². The molecule has 3 aromatic rings. The fourth-order valence-corrected chi connectivity index (χ4v) is 2.20. The molecule has 0 saturated carbocycles. The number of H-pyrrole nitrogens is 1. The highest BCUT2D eigenvalue weighted by atomic mass is 16.6. The molecule has 0 saturated heterocycles. The summed E-state index contributed by atoms with van der Waals surface area (Å²) in [5, 5.41) is 0. The van der Waals surface area contributed by atoms with Gasteiger partial charge in [0.05, 0.1) is 18.2 Å². The number of nitrogens with zero attached hydrogens (tertiary/aromatic N) is 2. The first-order valence-electron chi connectivity index (χ1n) is 7.42. The van der Waals surface area contributed by atoms with Gasteiger partial charge in [0.2, 0.25) is 0 Å². The van der Waals surface area contributed by atoms with Gasteiger partial charge in [0.25, 0.3) is 0 Å². The number of esters is 1. The van der Waals surface area contributed by atoms with E-state index in [0.717, 1.165) is 5.52 Å². The summed E-state index contributed by atoms with van der Waals surface area (Å²) in [6.45, 7) is -0.106. The largest absolute Gasteiger partial charge is 0.482 e. The average Bonchev–Trinajstić information content (AvgIpc) is 3.08. The van der Waals surface area contributed by atoms with Gasteiger partial charge in [-0.3, -0.25) is 0 Å². The number of methoxy groups -OCH3 is 1. The lowest BCUT2D eigenvalue weighted by Crippen LogP contribution is -2.12. The van der Waals surface area contributed by atoms with Crippen LogP contribution in [0.2, 0.25) is 0 Å². The van der Waals surface area contributed by atoms with Gasteiger partial charge >= 0.3 is 5.97 Å². The molecule has 0 unspecified atom stereocenters. The van der Waals surface area contributed by atoms with Crippen LogP contribution in [-0.4, -0.2) is 41.2 Å². The lowest BCUT2D eigenvalue weighted by Gasteiger charge is -2.11. The predicted molar refractivity (Wildman–Crippen MR) is 91.2 cm³/mol. The van der Waals surface area contributed by atoms with Crippen molar-refractivity contribution >= 4 is 17.1 Å². The summed E-state index contributed by atoms with van der Waals surface area (Å²) in [4.78, 5) is 23.0. The molecule has 2 heterocycles. The molecule has 1 N–H and O–H groups in total. The van der Waals surface area contributed by atoms with Crippen LogP contribution < -0.4 is 9.47 Å². The second kappa shape index (κ2) is 7.36. The Morgan fingerprint density at radius 1 is 1.32 bits per heavy atom. The third-order valence-electron chi connectivity index (χ3n) is 3.36. The number of hydrogen-bond acceptors (Lipinski definition) is 6. The minimum atomic E-state index is -0.474. The number of imidazole rings is 1. The molecule has 0 radical (unpaired) electrons. The zero-order chi connectivity index (χ0) is 17.6. The number of fused-ring (bicyclic) bond motifs is 1. The Hall–Kier alpha value is -3.53. The van der Waals surface area contributed by atoms with Gasteiger partial charge in [-0.2, -0.15) is 0 Å². The molecular formula is C18H15N3O4. The monoisotopic (exact) mass is 337 g/mol. The molecule has 0 spiro atoms. The van der Waals surface area contributed by atoms with Crippen molar-refractivity contribution in [3.63, 3.8) is 0 Å². The number of carbonyl (C=O) groups is 1. The van der Waals surface area contributed by atoms with Crippen LogP contribution >= 0.6 is 0 Å². The van der Waals surface area contributed by atoms with Crippen LogP contribution in [0, 0.1) is 12.3 Å². The van der Waals surface area contributed by atoms with E-state index in [1.165, 1.54) is 7.11 Å². The first-order chi connectivity index (χ1) is 12.2. The summed E-state index contributed by atoms with van der Waals surface area (Å²) >= 11 is 0. The lowest BCUT2D eigenvalue weighted by atomic mass is 10.2. The van der Waals surface area contributed by atoms with Crippen molar-refractivity contribution in [2.24, 2.45) is 0 Å². The molecule has 7 nitrogen and oxygen atoms in total. The maximum atomic E-state index is 11.2. The summed E-state index contributed by atoms with van der Waals surface area (Å²) in [6, 6.07) is 8.84. The molecule has 0 bridgehead atoms. The molecular weight excluding hydrogens is 322 g/mol. The van der Waals surface area contributed by atoms with E-state index in [2.05, 4.69) is 25.6 Å². The van der Waals surface area contributed by atoms with Gasteiger partial charge in [0, 0.05) is 12.3 Å². The van der Waals surface area contributed by atoms with E-state index in [4.69, 9.17) is 15.9 Å². The van der Waals surface area contributed by atoms with Crippen LogP contribution in [0.3, 0.4) is 0 Å². The molecule has 7 heteroatoms. The van der Waals surface area contributed by atoms with Gasteiger partial charge in [-0.15, -0.1) is 6.42 Å². The van der Waals surface area contributed by atoms with Crippen molar-refractivity contribution in [2.45, 2.75) is 0 Å². The predicted octanol–water partition coefficient (Wildman–Crippen LogP) is 2.19. The number of benzene rings is 1. The molecule has 0 aliphatic carbocycles. The quantitative estimate of drug-likeness (QED) is 0.548. The van der Waals surface area contributed by atoms with Crippen molar-refractivity contribution in [1.82, 2.24) is 15.0 Å². The van der Waals surface area contributed by atoms with Crippen LogP contribution in [0.5, 0.6) is 11.5 Å². The van der Waals surface area contributed by atoms with E-state index >= 15 is 0 Å². The van der Waals surface area contributed by atoms with Crippen molar-refractivity contribution < 1.29 is 19.0 Å². The molecule has 25 heavy (non-hydrogen) atoms. The van der Waals surface area contributed by atoms with E-state index in [-0.39, 0.29) is 13.2 Å². The Balaban J connectivity index is 1.94. The van der Waals surface area contributed by atoms with Crippen molar-refractivity contribution in [3.05, 3.63) is 36.5 Å². The third-order valence-corrected chi connectivity index (χ3v) is 3.36. The molecule has 0 fully saturated rings. The van der Waals surface area contributed by atoms with Crippen LogP contribution in [0.25, 0.3) is 22.6 Å². The van der Waals surface area contributed by atoms with Gasteiger partial charge in [-0.1, -0.05) is 5.92 Å². The van der Waals surface area contributed by atoms with Crippen molar-refractivity contribution in [3.8, 4) is 35.2 Å². The van der Waals surface area contributed by atoms with Crippen molar-refractivity contribution in [1.29, 1.82) is 0 Å². The smallest absolute Gasteiger partial charge is 0.343 e. The fraction of sp³-hybridized carbons (Fsp3) is 0.167. The highest BCUT2D eigenvalue weighted by molar-refractivity contribution is 5.78.